The molecule has 0 spiro atoms. The number of allylic oxidation sites excluding steroid dienone is 5. The van der Waals surface area contributed by atoms with Gasteiger partial charge in [0.15, 0.2) is 12.6 Å². The standard InChI is InChI=1S/C77H145NO13/c1-3-5-7-9-11-13-15-17-19-21-23-25-27-29-30-31-32-33-34-35-37-38-40-42-44-46-48-50-52-54-56-58-60-66(81)65(64-88-76-74(87)72(85)75(68(63-80)90-76)91-77-73(86)71(84)70(83)67(62-79)89-77)78-69(82)61-59-57-55-53-51-49-47-45-43-41-39-36-28-26-24-22-20-18-16-14-12-10-8-6-4-2/h16,18,22,24,58,60,65-68,70-77,79-81,83-87H,3-15,17,19-21,23,25-57,59,61-64H2,1-2H3,(H,78,82)/b18-16-,24-22-,60-58+. The fourth-order valence-corrected chi connectivity index (χ4v) is 12.9. The van der Waals surface area contributed by atoms with Crippen molar-refractivity contribution in [1.29, 1.82) is 0 Å². The molecular formula is C77H145NO13. The number of aliphatic hydroxyl groups is 8. The number of carbonyl (C=O) groups excluding carboxylic acids is 1. The number of hydrogen-bond acceptors (Lipinski definition) is 13. The summed E-state index contributed by atoms with van der Waals surface area (Å²) in [5, 5.41) is 87.6. The van der Waals surface area contributed by atoms with E-state index in [1.165, 1.54) is 283 Å². The highest BCUT2D eigenvalue weighted by Crippen LogP contribution is 2.30. The lowest BCUT2D eigenvalue weighted by Crippen LogP contribution is -2.65. The summed E-state index contributed by atoms with van der Waals surface area (Å²) in [6.07, 6.45) is 63.6. The number of aliphatic hydroxyl groups excluding tert-OH is 8. The SMILES string of the molecule is CCCCCCC/C=C\C/C=C\CCCCCCCCCCCCCCCC(=O)NC(COC1OC(CO)C(OC2OC(CO)C(O)C(O)C2O)C(O)C1O)C(O)/C=C/CCCCCCCCCCCCCCCCCCCCCCCCCCCCCCCC. The molecule has 2 heterocycles. The van der Waals surface area contributed by atoms with Crippen LogP contribution in [0.15, 0.2) is 36.5 Å². The minimum Gasteiger partial charge on any atom is -0.394 e. The Morgan fingerprint density at radius 2 is 0.725 bits per heavy atom. The first kappa shape index (κ1) is 85.3. The van der Waals surface area contributed by atoms with Crippen LogP contribution >= 0.6 is 0 Å². The Labute approximate surface area is 557 Å². The van der Waals surface area contributed by atoms with Crippen molar-refractivity contribution in [3.63, 3.8) is 0 Å². The van der Waals surface area contributed by atoms with Crippen LogP contribution in [0.2, 0.25) is 0 Å². The topological polar surface area (TPSA) is 228 Å². The van der Waals surface area contributed by atoms with Gasteiger partial charge in [-0.1, -0.05) is 333 Å². The zero-order chi connectivity index (χ0) is 65.9. The van der Waals surface area contributed by atoms with Crippen molar-refractivity contribution in [3.8, 4) is 0 Å². The fraction of sp³-hybridized carbons (Fsp3) is 0.909. The van der Waals surface area contributed by atoms with Gasteiger partial charge in [0.05, 0.1) is 32.0 Å². The number of unbranched alkanes of at least 4 members (excludes halogenated alkanes) is 48. The minimum absolute atomic E-state index is 0.235. The summed E-state index contributed by atoms with van der Waals surface area (Å²) in [6, 6.07) is -0.917. The van der Waals surface area contributed by atoms with E-state index in [1.807, 2.05) is 6.08 Å². The Kier molecular flexibility index (Phi) is 57.9. The molecule has 1 amide bonds. The first-order valence-electron chi connectivity index (χ1n) is 38.7. The van der Waals surface area contributed by atoms with Crippen LogP contribution in [0.25, 0.3) is 0 Å². The van der Waals surface area contributed by atoms with Gasteiger partial charge < -0.3 is 65.1 Å². The van der Waals surface area contributed by atoms with E-state index in [1.54, 1.807) is 6.08 Å². The molecule has 0 aliphatic carbocycles. The third-order valence-electron chi connectivity index (χ3n) is 19.1. The van der Waals surface area contributed by atoms with Gasteiger partial charge in [0.25, 0.3) is 0 Å². The summed E-state index contributed by atoms with van der Waals surface area (Å²) in [5.41, 5.74) is 0. The lowest BCUT2D eigenvalue weighted by Gasteiger charge is -2.46. The van der Waals surface area contributed by atoms with E-state index in [-0.39, 0.29) is 18.9 Å². The van der Waals surface area contributed by atoms with E-state index >= 15 is 0 Å². The van der Waals surface area contributed by atoms with Crippen LogP contribution in [0.1, 0.15) is 354 Å². The lowest BCUT2D eigenvalue weighted by molar-refractivity contribution is -0.359. The summed E-state index contributed by atoms with van der Waals surface area (Å²) in [4.78, 5) is 13.4. The zero-order valence-electron chi connectivity index (χ0n) is 58.6. The van der Waals surface area contributed by atoms with Crippen molar-refractivity contribution >= 4 is 5.91 Å². The first-order valence-corrected chi connectivity index (χ1v) is 38.7. The molecule has 0 aromatic carbocycles. The van der Waals surface area contributed by atoms with Crippen LogP contribution in [0.4, 0.5) is 0 Å². The Bertz CT molecular complexity index is 1670. The third-order valence-corrected chi connectivity index (χ3v) is 19.1. The van der Waals surface area contributed by atoms with Gasteiger partial charge in [0.1, 0.15) is 48.8 Å². The van der Waals surface area contributed by atoms with Crippen LogP contribution in [0.5, 0.6) is 0 Å². The predicted octanol–water partition coefficient (Wildman–Crippen LogP) is 16.9. The van der Waals surface area contributed by atoms with Crippen LogP contribution in [-0.2, 0) is 23.7 Å². The molecule has 0 aromatic heterocycles. The average molecular weight is 1290 g/mol. The Morgan fingerprint density at radius 3 is 1.10 bits per heavy atom. The third kappa shape index (κ3) is 45.4. The second-order valence-electron chi connectivity index (χ2n) is 27.5. The maximum atomic E-state index is 13.4. The molecule has 0 radical (unpaired) electrons. The second kappa shape index (κ2) is 61.8. The molecule has 2 aliphatic rings. The van der Waals surface area contributed by atoms with Crippen molar-refractivity contribution in [2.24, 2.45) is 0 Å². The van der Waals surface area contributed by atoms with Crippen LogP contribution < -0.4 is 5.32 Å². The molecule has 2 aliphatic heterocycles. The van der Waals surface area contributed by atoms with Gasteiger partial charge >= 0.3 is 0 Å². The van der Waals surface area contributed by atoms with Gasteiger partial charge in [0, 0.05) is 6.42 Å². The fourth-order valence-electron chi connectivity index (χ4n) is 12.9. The molecule has 14 heteroatoms. The number of rotatable bonds is 65. The van der Waals surface area contributed by atoms with Crippen LogP contribution in [0.3, 0.4) is 0 Å². The average Bonchev–Trinajstić information content (AvgIpc) is 1.15. The molecule has 12 unspecified atom stereocenters. The maximum Gasteiger partial charge on any atom is 0.220 e. The summed E-state index contributed by atoms with van der Waals surface area (Å²) < 4.78 is 22.9. The molecule has 0 bridgehead atoms. The number of ether oxygens (including phenoxy) is 4. The summed E-state index contributed by atoms with van der Waals surface area (Å²) in [5.74, 6) is -0.235. The Balaban J connectivity index is 1.64. The Morgan fingerprint density at radius 1 is 0.396 bits per heavy atom. The molecule has 91 heavy (non-hydrogen) atoms. The first-order chi connectivity index (χ1) is 44.6. The highest BCUT2D eigenvalue weighted by molar-refractivity contribution is 5.76. The highest BCUT2D eigenvalue weighted by atomic mass is 16.7. The predicted molar refractivity (Wildman–Crippen MR) is 374 cm³/mol. The van der Waals surface area contributed by atoms with Gasteiger partial charge in [-0.25, -0.2) is 0 Å². The molecule has 536 valence electrons. The van der Waals surface area contributed by atoms with E-state index in [2.05, 4.69) is 43.5 Å². The van der Waals surface area contributed by atoms with Gasteiger partial charge in [-0.3, -0.25) is 4.79 Å². The number of hydrogen-bond donors (Lipinski definition) is 9. The van der Waals surface area contributed by atoms with Gasteiger partial charge in [-0.15, -0.1) is 0 Å². The minimum atomic E-state index is -1.79. The molecule has 0 aromatic rings. The second-order valence-corrected chi connectivity index (χ2v) is 27.5. The monoisotopic (exact) mass is 1290 g/mol. The van der Waals surface area contributed by atoms with Crippen molar-refractivity contribution in [3.05, 3.63) is 36.5 Å². The van der Waals surface area contributed by atoms with Gasteiger partial charge in [-0.05, 0) is 51.4 Å². The van der Waals surface area contributed by atoms with Crippen LogP contribution in [0, 0.1) is 0 Å². The molecule has 14 nitrogen and oxygen atoms in total. The molecular weight excluding hydrogens is 1150 g/mol. The molecule has 9 N–H and O–H groups in total. The number of amides is 1. The van der Waals surface area contributed by atoms with Crippen molar-refractivity contribution in [1.82, 2.24) is 5.32 Å². The normalized spacial score (nSPS) is 22.9. The van der Waals surface area contributed by atoms with Crippen LogP contribution in [-0.4, -0.2) is 140 Å². The Hall–Kier alpha value is -1.79. The van der Waals surface area contributed by atoms with Crippen molar-refractivity contribution in [2.45, 2.75) is 428 Å². The number of carbonyl (C=O) groups is 1. The van der Waals surface area contributed by atoms with E-state index in [9.17, 15) is 45.6 Å². The smallest absolute Gasteiger partial charge is 0.220 e. The molecule has 12 atom stereocenters. The lowest BCUT2D eigenvalue weighted by atomic mass is 9.97. The molecule has 2 saturated heterocycles. The zero-order valence-corrected chi connectivity index (χ0v) is 58.6. The summed E-state index contributed by atoms with van der Waals surface area (Å²) in [7, 11) is 0. The van der Waals surface area contributed by atoms with E-state index in [0.29, 0.717) is 6.42 Å². The summed E-state index contributed by atoms with van der Waals surface area (Å²) in [6.45, 7) is 2.85. The molecule has 2 fully saturated rings. The van der Waals surface area contributed by atoms with E-state index in [0.717, 1.165) is 44.9 Å². The largest absolute Gasteiger partial charge is 0.394 e. The maximum absolute atomic E-state index is 13.4. The summed E-state index contributed by atoms with van der Waals surface area (Å²) >= 11 is 0. The molecule has 0 saturated carbocycles. The van der Waals surface area contributed by atoms with E-state index in [4.69, 9.17) is 18.9 Å². The van der Waals surface area contributed by atoms with Crippen molar-refractivity contribution in [2.75, 3.05) is 19.8 Å². The van der Waals surface area contributed by atoms with E-state index < -0.39 is 86.8 Å². The number of nitrogens with one attached hydrogen (secondary N) is 1. The van der Waals surface area contributed by atoms with Crippen molar-refractivity contribution < 1.29 is 64.6 Å². The molecule has 2 rings (SSSR count). The highest BCUT2D eigenvalue weighted by Gasteiger charge is 2.51. The quantitative estimate of drug-likeness (QED) is 0.0204. The van der Waals surface area contributed by atoms with Gasteiger partial charge in [-0.2, -0.15) is 0 Å². The van der Waals surface area contributed by atoms with Gasteiger partial charge in [0.2, 0.25) is 5.91 Å².